The molecule has 0 radical (unpaired) electrons. The van der Waals surface area contributed by atoms with Crippen LogP contribution >= 0.6 is 0 Å². The first-order valence-electron chi connectivity index (χ1n) is 9.53. The van der Waals surface area contributed by atoms with E-state index in [4.69, 9.17) is 0 Å². The topological polar surface area (TPSA) is 123 Å². The van der Waals surface area contributed by atoms with Gasteiger partial charge in [-0.25, -0.2) is 23.7 Å². The normalized spacial score (nSPS) is 11.1. The minimum absolute atomic E-state index is 0.0541. The second-order valence-electron chi connectivity index (χ2n) is 6.87. The van der Waals surface area contributed by atoms with Gasteiger partial charge in [-0.15, -0.1) is 5.10 Å². The fourth-order valence-electron chi connectivity index (χ4n) is 3.29. The Labute approximate surface area is 179 Å². The lowest BCUT2D eigenvalue weighted by molar-refractivity contribution is 0.101. The number of carbonyl (C=O) groups is 1. The van der Waals surface area contributed by atoms with Crippen molar-refractivity contribution < 1.29 is 9.18 Å². The predicted molar refractivity (Wildman–Crippen MR) is 113 cm³/mol. The summed E-state index contributed by atoms with van der Waals surface area (Å²) in [6.45, 7) is 1.69. The molecule has 158 valence electrons. The molecule has 0 unspecified atom stereocenters. The maximum absolute atomic E-state index is 13.2. The lowest BCUT2D eigenvalue weighted by Crippen LogP contribution is -2.16. The predicted octanol–water partition coefficient (Wildman–Crippen LogP) is 2.39. The molecule has 0 atom stereocenters. The van der Waals surface area contributed by atoms with Gasteiger partial charge in [-0.1, -0.05) is 12.1 Å². The number of hydrogen-bond donors (Lipinski definition) is 2. The van der Waals surface area contributed by atoms with E-state index >= 15 is 0 Å². The lowest BCUT2D eigenvalue weighted by atomic mass is 10.2. The minimum atomic E-state index is -0.538. The number of halogens is 1. The third kappa shape index (κ3) is 3.31. The Bertz CT molecular complexity index is 1520. The molecule has 11 heteroatoms. The number of nitrogens with zero attached hydrogens (tertiary/aromatic N) is 6. The van der Waals surface area contributed by atoms with Crippen LogP contribution in [0.15, 0.2) is 65.8 Å². The second-order valence-corrected chi connectivity index (χ2v) is 6.87. The molecule has 5 aromatic rings. The molecule has 0 saturated carbocycles. The van der Waals surface area contributed by atoms with E-state index in [1.807, 2.05) is 0 Å². The van der Waals surface area contributed by atoms with Crippen LogP contribution in [0.4, 0.5) is 10.1 Å². The Kier molecular flexibility index (Phi) is 4.55. The van der Waals surface area contributed by atoms with Crippen LogP contribution < -0.4 is 10.9 Å². The Balaban J connectivity index is 1.49. The number of nitrogens with one attached hydrogen (secondary N) is 2. The second kappa shape index (κ2) is 7.54. The molecule has 0 saturated heterocycles. The summed E-state index contributed by atoms with van der Waals surface area (Å²) in [7, 11) is 0. The highest BCUT2D eigenvalue weighted by molar-refractivity contribution is 6.02. The highest BCUT2D eigenvalue weighted by Gasteiger charge is 2.18. The summed E-state index contributed by atoms with van der Waals surface area (Å²) in [5.41, 5.74) is 1.57. The minimum Gasteiger partial charge on any atom is -0.317 e. The number of H-pyrrole nitrogens is 1. The molecule has 3 heterocycles. The highest BCUT2D eigenvalue weighted by atomic mass is 19.1. The van der Waals surface area contributed by atoms with Gasteiger partial charge in [-0.2, -0.15) is 5.10 Å². The molecule has 3 aromatic heterocycles. The van der Waals surface area contributed by atoms with Gasteiger partial charge >= 0.3 is 0 Å². The van der Waals surface area contributed by atoms with Gasteiger partial charge < -0.3 is 10.3 Å². The largest absolute Gasteiger partial charge is 0.317 e. The maximum atomic E-state index is 13.2. The van der Waals surface area contributed by atoms with Gasteiger partial charge in [0.1, 0.15) is 17.0 Å². The molecule has 0 aliphatic heterocycles. The van der Waals surface area contributed by atoms with Crippen molar-refractivity contribution in [2.24, 2.45) is 0 Å². The summed E-state index contributed by atoms with van der Waals surface area (Å²) in [4.78, 5) is 35.8. The molecule has 0 spiro atoms. The number of para-hydroxylation sites is 2. The SMILES string of the molecule is Cc1nc(C(=O)Nc2ccccc2-n2ncc3c(=O)[nH]cnc32)nn1-c1ccc(F)cc1. The number of amides is 1. The van der Waals surface area contributed by atoms with Gasteiger partial charge in [0, 0.05) is 0 Å². The van der Waals surface area contributed by atoms with Crippen LogP contribution in [0.1, 0.15) is 16.4 Å². The van der Waals surface area contributed by atoms with E-state index in [9.17, 15) is 14.0 Å². The highest BCUT2D eigenvalue weighted by Crippen LogP contribution is 2.22. The number of anilines is 1. The molecular formula is C21H15FN8O2. The monoisotopic (exact) mass is 430 g/mol. The zero-order valence-corrected chi connectivity index (χ0v) is 16.7. The zero-order valence-electron chi connectivity index (χ0n) is 16.7. The van der Waals surface area contributed by atoms with Crippen LogP contribution in [0, 0.1) is 12.7 Å². The Morgan fingerprint density at radius 2 is 1.88 bits per heavy atom. The van der Waals surface area contributed by atoms with Crippen LogP contribution in [0.25, 0.3) is 22.4 Å². The number of carbonyl (C=O) groups excluding carboxylic acids is 1. The van der Waals surface area contributed by atoms with Crippen molar-refractivity contribution in [1.29, 1.82) is 0 Å². The van der Waals surface area contributed by atoms with E-state index in [0.717, 1.165) is 0 Å². The number of benzene rings is 2. The first kappa shape index (κ1) is 19.3. The van der Waals surface area contributed by atoms with Crippen molar-refractivity contribution in [2.75, 3.05) is 5.32 Å². The van der Waals surface area contributed by atoms with E-state index in [2.05, 4.69) is 30.5 Å². The van der Waals surface area contributed by atoms with E-state index in [1.165, 1.54) is 34.0 Å². The summed E-state index contributed by atoms with van der Waals surface area (Å²) in [5, 5.41) is 11.6. The summed E-state index contributed by atoms with van der Waals surface area (Å²) >= 11 is 0. The molecule has 0 fully saturated rings. The summed E-state index contributed by atoms with van der Waals surface area (Å²) in [6.07, 6.45) is 2.70. The molecule has 10 nitrogen and oxygen atoms in total. The van der Waals surface area contributed by atoms with Crippen LogP contribution in [-0.2, 0) is 0 Å². The van der Waals surface area contributed by atoms with Crippen molar-refractivity contribution in [2.45, 2.75) is 6.92 Å². The Hall–Kier alpha value is -4.67. The quantitative estimate of drug-likeness (QED) is 0.451. The van der Waals surface area contributed by atoms with E-state index in [1.54, 1.807) is 43.3 Å². The number of rotatable bonds is 4. The molecule has 2 aromatic carbocycles. The molecule has 0 aliphatic rings. The van der Waals surface area contributed by atoms with Crippen LogP contribution in [-0.4, -0.2) is 40.4 Å². The molecule has 5 rings (SSSR count). The smallest absolute Gasteiger partial charge is 0.295 e. The maximum Gasteiger partial charge on any atom is 0.295 e. The fraction of sp³-hybridized carbons (Fsp3) is 0.0476. The number of aromatic amines is 1. The van der Waals surface area contributed by atoms with Crippen LogP contribution in [0.3, 0.4) is 0 Å². The van der Waals surface area contributed by atoms with Gasteiger partial charge in [0.05, 0.1) is 29.6 Å². The van der Waals surface area contributed by atoms with Gasteiger partial charge in [0.15, 0.2) is 5.65 Å². The summed E-state index contributed by atoms with van der Waals surface area (Å²) < 4.78 is 16.1. The molecule has 2 N–H and O–H groups in total. The molecular weight excluding hydrogens is 415 g/mol. The molecule has 32 heavy (non-hydrogen) atoms. The van der Waals surface area contributed by atoms with Crippen molar-refractivity contribution in [3.8, 4) is 11.4 Å². The van der Waals surface area contributed by atoms with Crippen molar-refractivity contribution in [3.63, 3.8) is 0 Å². The average Bonchev–Trinajstić information content (AvgIpc) is 3.40. The average molecular weight is 430 g/mol. The standard InChI is InChI=1S/C21H15FN8O2/c1-12-26-18(28-29(12)14-8-6-13(22)7-9-14)21(32)27-16-4-2-3-5-17(16)30-19-15(10-25-30)20(31)24-11-23-19/h2-11H,1H3,(H,27,32)(H,23,24,31). The zero-order chi connectivity index (χ0) is 22.2. The number of fused-ring (bicyclic) bond motifs is 1. The fourth-order valence-corrected chi connectivity index (χ4v) is 3.29. The molecule has 1 amide bonds. The van der Waals surface area contributed by atoms with Gasteiger partial charge in [0.25, 0.3) is 11.5 Å². The first-order valence-corrected chi connectivity index (χ1v) is 9.53. The number of aromatic nitrogens is 7. The van der Waals surface area contributed by atoms with Crippen LogP contribution in [0.2, 0.25) is 0 Å². The van der Waals surface area contributed by atoms with Crippen molar-refractivity contribution >= 4 is 22.6 Å². The Morgan fingerprint density at radius 3 is 2.69 bits per heavy atom. The third-order valence-electron chi connectivity index (χ3n) is 4.79. The number of aryl methyl sites for hydroxylation is 1. The van der Waals surface area contributed by atoms with E-state index < -0.39 is 5.91 Å². The third-order valence-corrected chi connectivity index (χ3v) is 4.79. The van der Waals surface area contributed by atoms with Crippen molar-refractivity contribution in [3.05, 3.63) is 88.9 Å². The summed E-state index contributed by atoms with van der Waals surface area (Å²) in [5.74, 6) is -0.495. The number of hydrogen-bond acceptors (Lipinski definition) is 6. The lowest BCUT2D eigenvalue weighted by Gasteiger charge is -2.10. The van der Waals surface area contributed by atoms with Gasteiger partial charge in [-0.3, -0.25) is 9.59 Å². The first-order chi connectivity index (χ1) is 15.5. The Morgan fingerprint density at radius 1 is 1.09 bits per heavy atom. The molecule has 0 aliphatic carbocycles. The van der Waals surface area contributed by atoms with Crippen molar-refractivity contribution in [1.82, 2.24) is 34.5 Å². The van der Waals surface area contributed by atoms with Gasteiger partial charge in [0.2, 0.25) is 5.82 Å². The summed E-state index contributed by atoms with van der Waals surface area (Å²) in [6, 6.07) is 12.7. The molecule has 0 bridgehead atoms. The van der Waals surface area contributed by atoms with E-state index in [0.29, 0.717) is 33.9 Å². The van der Waals surface area contributed by atoms with Gasteiger partial charge in [-0.05, 0) is 43.3 Å². The van der Waals surface area contributed by atoms with Crippen LogP contribution in [0.5, 0.6) is 0 Å². The van der Waals surface area contributed by atoms with E-state index in [-0.39, 0.29) is 17.2 Å².